The lowest BCUT2D eigenvalue weighted by atomic mass is 10.2. The third-order valence-electron chi connectivity index (χ3n) is 5.40. The molecule has 1 amide bonds. The van der Waals surface area contributed by atoms with Crippen LogP contribution in [0.1, 0.15) is 33.3 Å². The largest absolute Gasteiger partial charge is 0.444 e. The summed E-state index contributed by atoms with van der Waals surface area (Å²) < 4.78 is 7.80. The van der Waals surface area contributed by atoms with E-state index in [1.54, 1.807) is 4.90 Å². The number of aromatic nitrogens is 2. The molecule has 7 heteroatoms. The summed E-state index contributed by atoms with van der Waals surface area (Å²) >= 11 is 6.22. The number of imidazole rings is 1. The van der Waals surface area contributed by atoms with E-state index in [0.717, 1.165) is 27.6 Å². The number of carbonyl (C=O) groups is 1. The number of para-hydroxylation sites is 2. The van der Waals surface area contributed by atoms with Gasteiger partial charge in [-0.15, -0.1) is 0 Å². The van der Waals surface area contributed by atoms with Crippen molar-refractivity contribution in [2.45, 2.75) is 45.9 Å². The number of rotatable bonds is 3. The van der Waals surface area contributed by atoms with Gasteiger partial charge in [-0.25, -0.2) is 9.78 Å². The number of carbonyl (C=O) groups excluding carboxylic acids is 1. The lowest BCUT2D eigenvalue weighted by molar-refractivity contribution is 0.0218. The van der Waals surface area contributed by atoms with Crippen LogP contribution in [0.25, 0.3) is 11.0 Å². The second kappa shape index (κ2) is 8.42. The molecular weight excluding hydrogens is 412 g/mol. The molecule has 2 heterocycles. The minimum atomic E-state index is -0.498. The van der Waals surface area contributed by atoms with Crippen molar-refractivity contribution in [3.63, 3.8) is 0 Å². The second-order valence-electron chi connectivity index (χ2n) is 9.09. The van der Waals surface area contributed by atoms with Gasteiger partial charge in [-0.1, -0.05) is 35.9 Å². The molecule has 1 aromatic heterocycles. The first kappa shape index (κ1) is 21.5. The van der Waals surface area contributed by atoms with Crippen molar-refractivity contribution in [2.24, 2.45) is 0 Å². The zero-order chi connectivity index (χ0) is 22.2. The number of hydrogen-bond donors (Lipinski definition) is 0. The summed E-state index contributed by atoms with van der Waals surface area (Å²) in [5, 5.41) is 0.725. The smallest absolute Gasteiger partial charge is 0.410 e. The van der Waals surface area contributed by atoms with E-state index in [1.165, 1.54) is 0 Å². The minimum Gasteiger partial charge on any atom is -0.444 e. The molecule has 0 radical (unpaired) electrons. The Morgan fingerprint density at radius 3 is 2.65 bits per heavy atom. The zero-order valence-electron chi connectivity index (χ0n) is 18.5. The third-order valence-corrected chi connectivity index (χ3v) is 5.64. The van der Waals surface area contributed by atoms with Gasteiger partial charge in [0.1, 0.15) is 5.60 Å². The van der Waals surface area contributed by atoms with E-state index in [4.69, 9.17) is 21.3 Å². The van der Waals surface area contributed by atoms with E-state index < -0.39 is 5.60 Å². The molecule has 0 saturated carbocycles. The van der Waals surface area contributed by atoms with E-state index in [0.29, 0.717) is 26.2 Å². The predicted octanol–water partition coefficient (Wildman–Crippen LogP) is 5.18. The highest BCUT2D eigenvalue weighted by molar-refractivity contribution is 6.30. The number of nitrogens with zero attached hydrogens (tertiary/aromatic N) is 4. The minimum absolute atomic E-state index is 0.108. The van der Waals surface area contributed by atoms with E-state index >= 15 is 0 Å². The number of benzene rings is 2. The van der Waals surface area contributed by atoms with Crippen LogP contribution in [-0.2, 0) is 11.3 Å². The molecule has 6 nitrogen and oxygen atoms in total. The summed E-state index contributed by atoms with van der Waals surface area (Å²) in [6.45, 7) is 10.4. The fourth-order valence-electron chi connectivity index (χ4n) is 4.00. The van der Waals surface area contributed by atoms with Gasteiger partial charge in [-0.05, 0) is 57.5 Å². The molecule has 1 fully saturated rings. The van der Waals surface area contributed by atoms with Crippen molar-refractivity contribution in [2.75, 3.05) is 24.5 Å². The molecule has 1 aliphatic rings. The number of fused-ring (bicyclic) bond motifs is 1. The number of anilines is 1. The Balaban J connectivity index is 1.62. The molecule has 2 aromatic carbocycles. The standard InChI is InChI=1S/C24H29ClN4O2/c1-17-15-27(23(30)31-24(2,3)4)12-13-28(17)22-26-20-10-5-6-11-21(20)29(22)16-18-8-7-9-19(25)14-18/h5-11,14,17H,12-13,15-16H2,1-4H3/t17-/m1/s1. The lowest BCUT2D eigenvalue weighted by Gasteiger charge is -2.40. The van der Waals surface area contributed by atoms with Crippen molar-refractivity contribution in [1.29, 1.82) is 0 Å². The fourth-order valence-corrected chi connectivity index (χ4v) is 4.22. The van der Waals surface area contributed by atoms with Crippen LogP contribution in [0.2, 0.25) is 5.02 Å². The van der Waals surface area contributed by atoms with Gasteiger partial charge in [0.05, 0.1) is 17.6 Å². The second-order valence-corrected chi connectivity index (χ2v) is 9.52. The predicted molar refractivity (Wildman–Crippen MR) is 125 cm³/mol. The number of halogens is 1. The maximum atomic E-state index is 12.5. The Hall–Kier alpha value is -2.73. The van der Waals surface area contributed by atoms with Gasteiger partial charge in [0.15, 0.2) is 0 Å². The summed E-state index contributed by atoms with van der Waals surface area (Å²) in [5.41, 5.74) is 2.67. The van der Waals surface area contributed by atoms with E-state index in [1.807, 2.05) is 57.2 Å². The van der Waals surface area contributed by atoms with Crippen LogP contribution in [0.15, 0.2) is 48.5 Å². The van der Waals surface area contributed by atoms with Crippen LogP contribution in [0, 0.1) is 0 Å². The first-order valence-electron chi connectivity index (χ1n) is 10.7. The molecule has 31 heavy (non-hydrogen) atoms. The fraction of sp³-hybridized carbons (Fsp3) is 0.417. The number of amides is 1. The van der Waals surface area contributed by atoms with Crippen LogP contribution in [0.3, 0.4) is 0 Å². The molecule has 4 rings (SSSR count). The van der Waals surface area contributed by atoms with E-state index in [9.17, 15) is 4.79 Å². The van der Waals surface area contributed by atoms with Gasteiger partial charge in [0, 0.05) is 30.7 Å². The third kappa shape index (κ3) is 4.79. The van der Waals surface area contributed by atoms with Crippen LogP contribution in [0.5, 0.6) is 0 Å². The first-order valence-corrected chi connectivity index (χ1v) is 11.0. The summed E-state index contributed by atoms with van der Waals surface area (Å²) in [6.07, 6.45) is -0.258. The van der Waals surface area contributed by atoms with Crippen LogP contribution < -0.4 is 4.90 Å². The Kier molecular flexibility index (Phi) is 5.84. The normalized spacial score (nSPS) is 17.3. The zero-order valence-corrected chi connectivity index (χ0v) is 19.3. The van der Waals surface area contributed by atoms with Crippen molar-refractivity contribution in [3.05, 3.63) is 59.1 Å². The highest BCUT2D eigenvalue weighted by Gasteiger charge is 2.32. The van der Waals surface area contributed by atoms with Gasteiger partial charge in [0.25, 0.3) is 0 Å². The van der Waals surface area contributed by atoms with Crippen LogP contribution in [-0.4, -0.2) is 51.8 Å². The monoisotopic (exact) mass is 440 g/mol. The molecule has 0 bridgehead atoms. The molecule has 1 saturated heterocycles. The summed E-state index contributed by atoms with van der Waals surface area (Å²) in [6, 6.07) is 16.2. The Morgan fingerprint density at radius 1 is 1.16 bits per heavy atom. The topological polar surface area (TPSA) is 50.6 Å². The average molecular weight is 441 g/mol. The maximum Gasteiger partial charge on any atom is 0.410 e. The maximum absolute atomic E-state index is 12.5. The first-order chi connectivity index (χ1) is 14.7. The highest BCUT2D eigenvalue weighted by Crippen LogP contribution is 2.28. The molecule has 164 valence electrons. The van der Waals surface area contributed by atoms with Gasteiger partial charge in [-0.3, -0.25) is 0 Å². The molecule has 0 N–H and O–H groups in total. The van der Waals surface area contributed by atoms with Crippen LogP contribution >= 0.6 is 11.6 Å². The Bertz CT molecular complexity index is 1090. The SMILES string of the molecule is C[C@@H]1CN(C(=O)OC(C)(C)C)CCN1c1nc2ccccc2n1Cc1cccc(Cl)c1. The molecular formula is C24H29ClN4O2. The van der Waals surface area contributed by atoms with E-state index in [-0.39, 0.29) is 12.1 Å². The van der Waals surface area contributed by atoms with Gasteiger partial charge < -0.3 is 19.1 Å². The highest BCUT2D eigenvalue weighted by atomic mass is 35.5. The molecule has 0 unspecified atom stereocenters. The molecule has 0 aliphatic carbocycles. The van der Waals surface area contributed by atoms with Gasteiger partial charge >= 0.3 is 6.09 Å². The van der Waals surface area contributed by atoms with Crippen molar-refractivity contribution in [1.82, 2.24) is 14.5 Å². The molecule has 0 spiro atoms. The number of ether oxygens (including phenoxy) is 1. The quantitative estimate of drug-likeness (QED) is 0.562. The lowest BCUT2D eigenvalue weighted by Crippen LogP contribution is -2.55. The number of piperazine rings is 1. The molecule has 1 atom stereocenters. The summed E-state index contributed by atoms with van der Waals surface area (Å²) in [4.78, 5) is 21.6. The van der Waals surface area contributed by atoms with Crippen molar-refractivity contribution in [3.8, 4) is 0 Å². The Labute approximate surface area is 188 Å². The molecule has 3 aromatic rings. The van der Waals surface area contributed by atoms with Gasteiger partial charge in [-0.2, -0.15) is 0 Å². The summed E-state index contributed by atoms with van der Waals surface area (Å²) in [7, 11) is 0. The molecule has 1 aliphatic heterocycles. The van der Waals surface area contributed by atoms with E-state index in [2.05, 4.69) is 28.5 Å². The van der Waals surface area contributed by atoms with Gasteiger partial charge in [0.2, 0.25) is 5.95 Å². The van der Waals surface area contributed by atoms with Crippen molar-refractivity contribution >= 4 is 34.7 Å². The number of hydrogen-bond acceptors (Lipinski definition) is 4. The van der Waals surface area contributed by atoms with Crippen molar-refractivity contribution < 1.29 is 9.53 Å². The Morgan fingerprint density at radius 2 is 1.94 bits per heavy atom. The summed E-state index contributed by atoms with van der Waals surface area (Å²) in [5.74, 6) is 0.914. The average Bonchev–Trinajstić information content (AvgIpc) is 3.05. The van der Waals surface area contributed by atoms with Crippen LogP contribution in [0.4, 0.5) is 10.7 Å².